The van der Waals surface area contributed by atoms with E-state index < -0.39 is 15.9 Å². The first-order valence-electron chi connectivity index (χ1n) is 8.47. The fourth-order valence-electron chi connectivity index (χ4n) is 2.55. The Morgan fingerprint density at radius 1 is 1.11 bits per heavy atom. The number of rotatable bonds is 7. The van der Waals surface area contributed by atoms with Gasteiger partial charge in [0, 0.05) is 11.3 Å². The zero-order valence-corrected chi connectivity index (χ0v) is 16.2. The van der Waals surface area contributed by atoms with Crippen molar-refractivity contribution in [3.05, 3.63) is 77.7 Å². The van der Waals surface area contributed by atoms with E-state index in [1.165, 1.54) is 18.4 Å². The maximum absolute atomic E-state index is 12.6. The number of hydrogen-bond acceptors (Lipinski definition) is 5. The molecule has 28 heavy (non-hydrogen) atoms. The first-order valence-corrected chi connectivity index (χ1v) is 9.95. The van der Waals surface area contributed by atoms with Crippen molar-refractivity contribution in [2.45, 2.75) is 18.4 Å². The van der Waals surface area contributed by atoms with E-state index in [2.05, 4.69) is 10.0 Å². The van der Waals surface area contributed by atoms with Gasteiger partial charge in [-0.25, -0.2) is 13.1 Å². The molecule has 0 saturated heterocycles. The van der Waals surface area contributed by atoms with Gasteiger partial charge >= 0.3 is 0 Å². The van der Waals surface area contributed by atoms with Crippen LogP contribution in [0.25, 0.3) is 0 Å². The summed E-state index contributed by atoms with van der Waals surface area (Å²) in [6.45, 7) is 1.77. The Balaban J connectivity index is 1.78. The van der Waals surface area contributed by atoms with Gasteiger partial charge in [0.05, 0.1) is 24.8 Å². The zero-order valence-electron chi connectivity index (χ0n) is 15.4. The quantitative estimate of drug-likeness (QED) is 0.634. The van der Waals surface area contributed by atoms with Crippen LogP contribution in [-0.4, -0.2) is 21.4 Å². The Morgan fingerprint density at radius 3 is 2.50 bits per heavy atom. The average molecular weight is 400 g/mol. The molecule has 7 nitrogen and oxygen atoms in total. The summed E-state index contributed by atoms with van der Waals surface area (Å²) in [4.78, 5) is 12.6. The molecule has 0 aliphatic heterocycles. The topological polar surface area (TPSA) is 97.6 Å². The van der Waals surface area contributed by atoms with Gasteiger partial charge in [-0.2, -0.15) is 0 Å². The number of methoxy groups -OCH3 is 1. The number of nitrogens with one attached hydrogen (secondary N) is 2. The molecule has 0 unspecified atom stereocenters. The predicted octanol–water partition coefficient (Wildman–Crippen LogP) is 3.33. The predicted molar refractivity (Wildman–Crippen MR) is 105 cm³/mol. The van der Waals surface area contributed by atoms with E-state index in [0.717, 1.165) is 0 Å². The van der Waals surface area contributed by atoms with Gasteiger partial charge in [-0.15, -0.1) is 0 Å². The molecule has 0 saturated carbocycles. The van der Waals surface area contributed by atoms with Crippen molar-refractivity contribution in [3.8, 4) is 5.75 Å². The highest BCUT2D eigenvalue weighted by Crippen LogP contribution is 2.19. The number of aryl methyl sites for hydroxylation is 1. The van der Waals surface area contributed by atoms with Gasteiger partial charge in [0.25, 0.3) is 5.91 Å². The second-order valence-corrected chi connectivity index (χ2v) is 7.83. The molecule has 2 aromatic carbocycles. The van der Waals surface area contributed by atoms with Crippen LogP contribution >= 0.6 is 0 Å². The molecule has 8 heteroatoms. The highest BCUT2D eigenvalue weighted by molar-refractivity contribution is 7.89. The van der Waals surface area contributed by atoms with Crippen molar-refractivity contribution < 1.29 is 22.4 Å². The second-order valence-electron chi connectivity index (χ2n) is 6.06. The molecule has 1 heterocycles. The normalized spacial score (nSPS) is 11.2. The van der Waals surface area contributed by atoms with E-state index in [1.807, 2.05) is 0 Å². The fourth-order valence-corrected chi connectivity index (χ4v) is 3.57. The summed E-state index contributed by atoms with van der Waals surface area (Å²) in [6.07, 6.45) is 1.47. The Morgan fingerprint density at radius 2 is 1.86 bits per heavy atom. The Kier molecular flexibility index (Phi) is 5.81. The highest BCUT2D eigenvalue weighted by Gasteiger charge is 2.18. The largest absolute Gasteiger partial charge is 0.497 e. The molecule has 0 spiro atoms. The SMILES string of the molecule is COc1ccc(NC(=O)c2cc(S(=O)(=O)NCc3ccco3)ccc2C)cc1. The molecule has 0 atom stereocenters. The summed E-state index contributed by atoms with van der Waals surface area (Å²) in [7, 11) is -2.24. The molecular formula is C20H20N2O5S. The molecule has 0 radical (unpaired) electrons. The lowest BCUT2D eigenvalue weighted by molar-refractivity contribution is 0.102. The summed E-state index contributed by atoms with van der Waals surface area (Å²) < 4.78 is 37.8. The lowest BCUT2D eigenvalue weighted by atomic mass is 10.1. The molecule has 1 amide bonds. The van der Waals surface area contributed by atoms with Crippen LogP contribution in [0.1, 0.15) is 21.7 Å². The van der Waals surface area contributed by atoms with Crippen molar-refractivity contribution >= 4 is 21.6 Å². The van der Waals surface area contributed by atoms with Crippen LogP contribution in [-0.2, 0) is 16.6 Å². The number of carbonyl (C=O) groups is 1. The Bertz CT molecular complexity index is 1060. The molecule has 3 rings (SSSR count). The monoisotopic (exact) mass is 400 g/mol. The fraction of sp³-hybridized carbons (Fsp3) is 0.150. The third-order valence-corrected chi connectivity index (χ3v) is 5.53. The van der Waals surface area contributed by atoms with Gasteiger partial charge in [-0.1, -0.05) is 6.07 Å². The van der Waals surface area contributed by atoms with E-state index in [4.69, 9.17) is 9.15 Å². The number of benzene rings is 2. The van der Waals surface area contributed by atoms with Crippen LogP contribution in [0.5, 0.6) is 5.75 Å². The van der Waals surface area contributed by atoms with Gasteiger partial charge in [-0.3, -0.25) is 4.79 Å². The minimum absolute atomic E-state index is 0.00420. The lowest BCUT2D eigenvalue weighted by Gasteiger charge is -2.11. The maximum atomic E-state index is 12.6. The van der Waals surface area contributed by atoms with Crippen LogP contribution in [0, 0.1) is 6.92 Å². The van der Waals surface area contributed by atoms with Crippen LogP contribution < -0.4 is 14.8 Å². The zero-order chi connectivity index (χ0) is 20.1. The molecule has 0 aliphatic carbocycles. The maximum Gasteiger partial charge on any atom is 0.255 e. The third kappa shape index (κ3) is 4.59. The van der Waals surface area contributed by atoms with E-state index in [1.54, 1.807) is 56.5 Å². The molecule has 0 bridgehead atoms. The van der Waals surface area contributed by atoms with Gasteiger partial charge < -0.3 is 14.5 Å². The third-order valence-electron chi connectivity index (χ3n) is 4.13. The molecule has 0 fully saturated rings. The van der Waals surface area contributed by atoms with E-state index in [-0.39, 0.29) is 17.0 Å². The summed E-state index contributed by atoms with van der Waals surface area (Å²) in [5.74, 6) is 0.767. The van der Waals surface area contributed by atoms with E-state index in [9.17, 15) is 13.2 Å². The molecule has 0 aliphatic rings. The molecule has 2 N–H and O–H groups in total. The molecular weight excluding hydrogens is 380 g/mol. The van der Waals surface area contributed by atoms with E-state index >= 15 is 0 Å². The number of anilines is 1. The smallest absolute Gasteiger partial charge is 0.255 e. The lowest BCUT2D eigenvalue weighted by Crippen LogP contribution is -2.24. The van der Waals surface area contributed by atoms with Gasteiger partial charge in [0.15, 0.2) is 0 Å². The van der Waals surface area contributed by atoms with Crippen molar-refractivity contribution in [2.75, 3.05) is 12.4 Å². The van der Waals surface area contributed by atoms with Crippen molar-refractivity contribution in [1.82, 2.24) is 4.72 Å². The minimum Gasteiger partial charge on any atom is -0.497 e. The standard InChI is InChI=1S/C20H20N2O5S/c1-14-5-10-18(28(24,25)21-13-17-4-3-11-27-17)12-19(14)20(23)22-15-6-8-16(26-2)9-7-15/h3-12,21H,13H2,1-2H3,(H,22,23). The summed E-state index contributed by atoms with van der Waals surface area (Å²) in [5.41, 5.74) is 1.52. The molecule has 3 aromatic rings. The first-order chi connectivity index (χ1) is 13.4. The summed E-state index contributed by atoms with van der Waals surface area (Å²) in [5, 5.41) is 2.76. The number of carbonyl (C=O) groups excluding carboxylic acids is 1. The summed E-state index contributed by atoms with van der Waals surface area (Å²) in [6, 6.07) is 14.6. The highest BCUT2D eigenvalue weighted by atomic mass is 32.2. The Labute approximate surface area is 163 Å². The van der Waals surface area contributed by atoms with Crippen LogP contribution in [0.2, 0.25) is 0 Å². The Hall–Kier alpha value is -3.10. The number of ether oxygens (including phenoxy) is 1. The number of amides is 1. The number of hydrogen-bond donors (Lipinski definition) is 2. The number of sulfonamides is 1. The number of furan rings is 1. The average Bonchev–Trinajstić information content (AvgIpc) is 3.21. The van der Waals surface area contributed by atoms with Gasteiger partial charge in [0.1, 0.15) is 11.5 Å². The second kappa shape index (κ2) is 8.28. The van der Waals surface area contributed by atoms with Crippen molar-refractivity contribution in [1.29, 1.82) is 0 Å². The first kappa shape index (κ1) is 19.7. The summed E-state index contributed by atoms with van der Waals surface area (Å²) >= 11 is 0. The van der Waals surface area contributed by atoms with Crippen molar-refractivity contribution in [2.24, 2.45) is 0 Å². The van der Waals surface area contributed by atoms with Gasteiger partial charge in [-0.05, 0) is 61.0 Å². The van der Waals surface area contributed by atoms with Crippen LogP contribution in [0.15, 0.2) is 70.2 Å². The van der Waals surface area contributed by atoms with Crippen LogP contribution in [0.4, 0.5) is 5.69 Å². The van der Waals surface area contributed by atoms with Gasteiger partial charge in [0.2, 0.25) is 10.0 Å². The van der Waals surface area contributed by atoms with E-state index in [0.29, 0.717) is 22.8 Å². The van der Waals surface area contributed by atoms with Crippen molar-refractivity contribution in [3.63, 3.8) is 0 Å². The van der Waals surface area contributed by atoms with Crippen LogP contribution in [0.3, 0.4) is 0 Å². The minimum atomic E-state index is -3.80. The molecule has 1 aromatic heterocycles. The molecule has 146 valence electrons.